The number of aryl methyl sites for hydroxylation is 1. The fraction of sp³-hybridized carbons (Fsp3) is 0.444. The van der Waals surface area contributed by atoms with Crippen LogP contribution in [0, 0.1) is 11.3 Å². The molecule has 5 nitrogen and oxygen atoms in total. The number of rotatable bonds is 2. The Hall–Kier alpha value is -2.32. The fourth-order valence-corrected chi connectivity index (χ4v) is 3.63. The van der Waals surface area contributed by atoms with E-state index in [1.165, 1.54) is 12.0 Å². The Labute approximate surface area is 135 Å². The summed E-state index contributed by atoms with van der Waals surface area (Å²) in [6.07, 6.45) is 5.98. The van der Waals surface area contributed by atoms with Crippen molar-refractivity contribution >= 4 is 5.82 Å². The van der Waals surface area contributed by atoms with E-state index in [4.69, 9.17) is 9.40 Å². The molecule has 2 aromatic rings. The molecule has 5 heteroatoms. The van der Waals surface area contributed by atoms with E-state index in [1.54, 1.807) is 6.26 Å². The average molecular weight is 308 g/mol. The first-order valence-corrected chi connectivity index (χ1v) is 8.34. The molecule has 1 N–H and O–H groups in total. The van der Waals surface area contributed by atoms with Gasteiger partial charge in [-0.3, -0.25) is 0 Å². The molecule has 118 valence electrons. The maximum atomic E-state index is 9.86. The van der Waals surface area contributed by atoms with Gasteiger partial charge in [0.05, 0.1) is 6.26 Å². The Morgan fingerprint density at radius 3 is 2.78 bits per heavy atom. The van der Waals surface area contributed by atoms with Crippen molar-refractivity contribution in [2.75, 3.05) is 31.1 Å². The topological polar surface area (TPSA) is 65.1 Å². The molecule has 0 bridgehead atoms. The van der Waals surface area contributed by atoms with Crippen molar-refractivity contribution in [1.29, 1.82) is 5.26 Å². The number of piperazine rings is 1. The van der Waals surface area contributed by atoms with Crippen LogP contribution < -0.4 is 10.2 Å². The maximum absolute atomic E-state index is 9.86. The van der Waals surface area contributed by atoms with Crippen molar-refractivity contribution < 1.29 is 4.42 Å². The van der Waals surface area contributed by atoms with E-state index >= 15 is 0 Å². The number of hydrogen-bond acceptors (Lipinski definition) is 5. The minimum Gasteiger partial charge on any atom is -0.464 e. The predicted octanol–water partition coefficient (Wildman–Crippen LogP) is 2.50. The summed E-state index contributed by atoms with van der Waals surface area (Å²) < 4.78 is 5.66. The SMILES string of the molecule is N#Cc1c(N2CCNCC2)nc2c(c1-c1ccco1)CCCC2. The standard InChI is InChI=1S/C18H20N4O/c19-12-14-17(16-6-3-11-23-16)13-4-1-2-5-15(13)21-18(14)22-9-7-20-8-10-22/h3,6,11,20H,1-2,4-5,7-10H2. The van der Waals surface area contributed by atoms with Gasteiger partial charge in [-0.25, -0.2) is 4.98 Å². The molecule has 0 atom stereocenters. The molecule has 0 radical (unpaired) electrons. The Kier molecular flexibility index (Phi) is 3.76. The summed E-state index contributed by atoms with van der Waals surface area (Å²) in [6.45, 7) is 3.63. The lowest BCUT2D eigenvalue weighted by Crippen LogP contribution is -2.44. The highest BCUT2D eigenvalue weighted by Gasteiger charge is 2.27. The van der Waals surface area contributed by atoms with Crippen molar-refractivity contribution in [3.63, 3.8) is 0 Å². The number of hydrogen-bond donors (Lipinski definition) is 1. The predicted molar refractivity (Wildman–Crippen MR) is 88.4 cm³/mol. The van der Waals surface area contributed by atoms with Crippen molar-refractivity contribution in [3.8, 4) is 17.4 Å². The first-order chi connectivity index (χ1) is 11.4. The summed E-state index contributed by atoms with van der Waals surface area (Å²) in [4.78, 5) is 7.14. The number of pyridine rings is 1. The van der Waals surface area contributed by atoms with E-state index in [1.807, 2.05) is 12.1 Å². The van der Waals surface area contributed by atoms with Gasteiger partial charge in [-0.15, -0.1) is 0 Å². The molecule has 1 aliphatic heterocycles. The highest BCUT2D eigenvalue weighted by molar-refractivity contribution is 5.77. The van der Waals surface area contributed by atoms with Crippen LogP contribution in [0.2, 0.25) is 0 Å². The third-order valence-corrected chi connectivity index (χ3v) is 4.75. The zero-order chi connectivity index (χ0) is 15.6. The first-order valence-electron chi connectivity index (χ1n) is 8.34. The van der Waals surface area contributed by atoms with Crippen molar-refractivity contribution in [2.24, 2.45) is 0 Å². The van der Waals surface area contributed by atoms with E-state index in [0.717, 1.165) is 68.3 Å². The summed E-state index contributed by atoms with van der Waals surface area (Å²) in [7, 11) is 0. The molecule has 0 unspecified atom stereocenters. The molecular weight excluding hydrogens is 288 g/mol. The molecule has 4 rings (SSSR count). The Balaban J connectivity index is 1.93. The number of nitriles is 1. The van der Waals surface area contributed by atoms with Gasteiger partial charge >= 0.3 is 0 Å². The third-order valence-electron chi connectivity index (χ3n) is 4.75. The minimum atomic E-state index is 0.669. The van der Waals surface area contributed by atoms with Crippen LogP contribution in [0.25, 0.3) is 11.3 Å². The maximum Gasteiger partial charge on any atom is 0.147 e. The van der Waals surface area contributed by atoms with Gasteiger partial charge in [0, 0.05) is 37.4 Å². The van der Waals surface area contributed by atoms with Gasteiger partial charge in [0.25, 0.3) is 0 Å². The second-order valence-electron chi connectivity index (χ2n) is 6.14. The zero-order valence-electron chi connectivity index (χ0n) is 13.1. The molecule has 1 saturated heterocycles. The highest BCUT2D eigenvalue weighted by atomic mass is 16.3. The van der Waals surface area contributed by atoms with Gasteiger partial charge < -0.3 is 14.6 Å². The van der Waals surface area contributed by atoms with Crippen LogP contribution in [0.15, 0.2) is 22.8 Å². The Morgan fingerprint density at radius 1 is 1.22 bits per heavy atom. The number of fused-ring (bicyclic) bond motifs is 1. The number of anilines is 1. The molecule has 0 amide bonds. The van der Waals surface area contributed by atoms with Gasteiger partial charge in [-0.2, -0.15) is 5.26 Å². The smallest absolute Gasteiger partial charge is 0.147 e. The lowest BCUT2D eigenvalue weighted by Gasteiger charge is -2.31. The molecule has 1 aliphatic carbocycles. The van der Waals surface area contributed by atoms with E-state index in [2.05, 4.69) is 16.3 Å². The van der Waals surface area contributed by atoms with Gasteiger partial charge in [-0.1, -0.05) is 0 Å². The summed E-state index contributed by atoms with van der Waals surface area (Å²) in [5.41, 5.74) is 4.00. The van der Waals surface area contributed by atoms with Crippen LogP contribution in [0.5, 0.6) is 0 Å². The lowest BCUT2D eigenvalue weighted by molar-refractivity contribution is 0.573. The summed E-state index contributed by atoms with van der Waals surface area (Å²) >= 11 is 0. The minimum absolute atomic E-state index is 0.669. The van der Waals surface area contributed by atoms with E-state index < -0.39 is 0 Å². The Bertz CT molecular complexity index is 739. The lowest BCUT2D eigenvalue weighted by atomic mass is 9.88. The number of nitrogens with one attached hydrogen (secondary N) is 1. The zero-order valence-corrected chi connectivity index (χ0v) is 13.1. The van der Waals surface area contributed by atoms with E-state index in [0.29, 0.717) is 5.56 Å². The summed E-state index contributed by atoms with van der Waals surface area (Å²) in [5.74, 6) is 1.62. The van der Waals surface area contributed by atoms with Gasteiger partial charge in [-0.05, 0) is 43.4 Å². The molecule has 0 saturated carbocycles. The normalized spacial score (nSPS) is 17.6. The largest absolute Gasteiger partial charge is 0.464 e. The molecule has 0 aromatic carbocycles. The average Bonchev–Trinajstić information content (AvgIpc) is 3.15. The van der Waals surface area contributed by atoms with Gasteiger partial charge in [0.1, 0.15) is 23.2 Å². The highest BCUT2D eigenvalue weighted by Crippen LogP contribution is 2.38. The van der Waals surface area contributed by atoms with Crippen molar-refractivity contribution in [3.05, 3.63) is 35.2 Å². The first kappa shape index (κ1) is 14.3. The van der Waals surface area contributed by atoms with Crippen LogP contribution in [0.1, 0.15) is 29.7 Å². The van der Waals surface area contributed by atoms with E-state index in [-0.39, 0.29) is 0 Å². The molecule has 3 heterocycles. The number of furan rings is 1. The molecule has 2 aliphatic rings. The molecule has 23 heavy (non-hydrogen) atoms. The monoisotopic (exact) mass is 308 g/mol. The number of nitrogens with zero attached hydrogens (tertiary/aromatic N) is 3. The molecular formula is C18H20N4O. The van der Waals surface area contributed by atoms with Crippen LogP contribution >= 0.6 is 0 Å². The van der Waals surface area contributed by atoms with E-state index in [9.17, 15) is 5.26 Å². The molecule has 2 aromatic heterocycles. The second kappa shape index (κ2) is 6.05. The Morgan fingerprint density at radius 2 is 2.04 bits per heavy atom. The van der Waals surface area contributed by atoms with Crippen LogP contribution in [-0.4, -0.2) is 31.2 Å². The molecule has 1 fully saturated rings. The fourth-order valence-electron chi connectivity index (χ4n) is 3.63. The van der Waals surface area contributed by atoms with Gasteiger partial charge in [0.2, 0.25) is 0 Å². The van der Waals surface area contributed by atoms with Crippen LogP contribution in [-0.2, 0) is 12.8 Å². The second-order valence-corrected chi connectivity index (χ2v) is 6.14. The summed E-state index contributed by atoms with van der Waals surface area (Å²) in [5, 5.41) is 13.2. The van der Waals surface area contributed by atoms with Crippen LogP contribution in [0.3, 0.4) is 0 Å². The third kappa shape index (κ3) is 2.49. The molecule has 0 spiro atoms. The quantitative estimate of drug-likeness (QED) is 0.923. The van der Waals surface area contributed by atoms with Gasteiger partial charge in [0.15, 0.2) is 0 Å². The summed E-state index contributed by atoms with van der Waals surface area (Å²) in [6, 6.07) is 6.25. The number of aromatic nitrogens is 1. The van der Waals surface area contributed by atoms with Crippen LogP contribution in [0.4, 0.5) is 5.82 Å². The van der Waals surface area contributed by atoms with Crippen molar-refractivity contribution in [1.82, 2.24) is 10.3 Å². The van der Waals surface area contributed by atoms with Crippen molar-refractivity contribution in [2.45, 2.75) is 25.7 Å².